The van der Waals surface area contributed by atoms with Crippen LogP contribution in [0.2, 0.25) is 0 Å². The Kier molecular flexibility index (Phi) is 7.19. The van der Waals surface area contributed by atoms with E-state index >= 15 is 0 Å². The number of carbonyl (C=O) groups is 1. The van der Waals surface area contributed by atoms with Gasteiger partial charge in [-0.05, 0) is 45.2 Å². The van der Waals surface area contributed by atoms with Crippen molar-refractivity contribution in [3.8, 4) is 0 Å². The molecule has 24 heavy (non-hydrogen) atoms. The average molecular weight is 361 g/mol. The second-order valence-corrected chi connectivity index (χ2v) is 8.60. The molecule has 1 aromatic rings. The number of alkyl halides is 2. The van der Waals surface area contributed by atoms with Gasteiger partial charge in [0.25, 0.3) is 0 Å². The minimum absolute atomic E-state index is 0.104. The van der Waals surface area contributed by atoms with Gasteiger partial charge in [0.15, 0.2) is 0 Å². The zero-order valence-corrected chi connectivity index (χ0v) is 15.5. The first kappa shape index (κ1) is 20.9. The van der Waals surface area contributed by atoms with E-state index in [-0.39, 0.29) is 12.5 Å². The molecule has 0 saturated heterocycles. The van der Waals surface area contributed by atoms with Crippen LogP contribution in [0.4, 0.5) is 8.78 Å². The molecule has 0 amide bonds. The van der Waals surface area contributed by atoms with Crippen molar-refractivity contribution in [1.82, 2.24) is 4.72 Å². The maximum absolute atomic E-state index is 14.1. The Morgan fingerprint density at radius 2 is 2.00 bits per heavy atom. The molecule has 4 nitrogen and oxygen atoms in total. The summed E-state index contributed by atoms with van der Waals surface area (Å²) in [7, 11) is 0. The molecule has 1 N–H and O–H groups in total. The van der Waals surface area contributed by atoms with Crippen molar-refractivity contribution in [2.75, 3.05) is 13.2 Å². The third-order valence-electron chi connectivity index (χ3n) is 3.43. The average Bonchev–Trinajstić information content (AvgIpc) is 2.51. The molecule has 1 aromatic carbocycles. The summed E-state index contributed by atoms with van der Waals surface area (Å²) in [6.45, 7) is 9.14. The first-order valence-corrected chi connectivity index (χ1v) is 8.96. The summed E-state index contributed by atoms with van der Waals surface area (Å²) in [4.78, 5) is 11.4. The molecule has 0 bridgehead atoms. The number of esters is 1. The molecule has 7 heteroatoms. The lowest BCUT2D eigenvalue weighted by Crippen LogP contribution is -2.40. The normalized spacial score (nSPS) is 15.0. The fraction of sp³-hybridized carbons (Fsp3) is 0.588. The van der Waals surface area contributed by atoms with Gasteiger partial charge < -0.3 is 9.29 Å². The standard InChI is InChI=1S/C17H25F2NO3S/c1-6-23-15(21)17(18,19)14-9-7-8-13(10-14)12(2)11-20-24(22)16(3,4)5/h7-10,12,20H,6,11H2,1-5H3. The summed E-state index contributed by atoms with van der Waals surface area (Å²) >= 11 is -1.24. The van der Waals surface area contributed by atoms with E-state index in [1.807, 2.05) is 27.7 Å². The maximum atomic E-state index is 14.1. The topological polar surface area (TPSA) is 61.4 Å². The lowest BCUT2D eigenvalue weighted by atomic mass is 9.97. The van der Waals surface area contributed by atoms with Crippen LogP contribution in [0.1, 0.15) is 51.7 Å². The summed E-state index contributed by atoms with van der Waals surface area (Å²) in [6, 6.07) is 5.68. The van der Waals surface area contributed by atoms with E-state index < -0.39 is 33.6 Å². The van der Waals surface area contributed by atoms with Crippen molar-refractivity contribution in [2.45, 2.75) is 51.2 Å². The van der Waals surface area contributed by atoms with Gasteiger partial charge in [0.05, 0.1) is 6.61 Å². The van der Waals surface area contributed by atoms with E-state index in [4.69, 9.17) is 0 Å². The van der Waals surface area contributed by atoms with Crippen LogP contribution in [0, 0.1) is 0 Å². The fourth-order valence-corrected chi connectivity index (χ4v) is 2.75. The number of rotatable bonds is 7. The van der Waals surface area contributed by atoms with Gasteiger partial charge in [-0.3, -0.25) is 0 Å². The van der Waals surface area contributed by atoms with E-state index in [0.717, 1.165) is 0 Å². The molecule has 0 spiro atoms. The molecule has 1 rings (SSSR count). The number of ether oxygens (including phenoxy) is 1. The zero-order chi connectivity index (χ0) is 18.5. The third-order valence-corrected chi connectivity index (χ3v) is 4.97. The lowest BCUT2D eigenvalue weighted by molar-refractivity contribution is -0.173. The number of hydrogen-bond donors (Lipinski definition) is 1. The molecule has 0 fully saturated rings. The molecule has 2 atom stereocenters. The number of hydrogen-bond acceptors (Lipinski definition) is 4. The van der Waals surface area contributed by atoms with Crippen LogP contribution in [-0.2, 0) is 26.8 Å². The minimum Gasteiger partial charge on any atom is -0.598 e. The van der Waals surface area contributed by atoms with E-state index in [0.29, 0.717) is 12.1 Å². The quantitative estimate of drug-likeness (QED) is 0.596. The summed E-state index contributed by atoms with van der Waals surface area (Å²) < 4.78 is 47.2. The van der Waals surface area contributed by atoms with Gasteiger partial charge in [0.1, 0.15) is 4.75 Å². The van der Waals surface area contributed by atoms with Crippen molar-refractivity contribution in [3.63, 3.8) is 0 Å². The molecule has 0 saturated carbocycles. The Labute approximate surface area is 145 Å². The predicted octanol–water partition coefficient (Wildman–Crippen LogP) is 3.50. The Balaban J connectivity index is 2.86. The van der Waals surface area contributed by atoms with Gasteiger partial charge >= 0.3 is 11.9 Å². The SMILES string of the molecule is CCOC(=O)C(F)(F)c1cccc(C(C)CN[S+]([O-])C(C)(C)C)c1. The van der Waals surface area contributed by atoms with Gasteiger partial charge in [-0.15, -0.1) is 4.72 Å². The highest BCUT2D eigenvalue weighted by Gasteiger charge is 2.42. The van der Waals surface area contributed by atoms with Crippen molar-refractivity contribution in [3.05, 3.63) is 35.4 Å². The van der Waals surface area contributed by atoms with Crippen molar-refractivity contribution in [1.29, 1.82) is 0 Å². The number of benzene rings is 1. The predicted molar refractivity (Wildman–Crippen MR) is 91.3 cm³/mol. The van der Waals surface area contributed by atoms with Crippen molar-refractivity contribution < 1.29 is 22.9 Å². The van der Waals surface area contributed by atoms with Crippen LogP contribution >= 0.6 is 0 Å². The van der Waals surface area contributed by atoms with Crippen molar-refractivity contribution in [2.24, 2.45) is 0 Å². The molecule has 0 radical (unpaired) electrons. The van der Waals surface area contributed by atoms with Gasteiger partial charge in [0, 0.05) is 23.5 Å². The van der Waals surface area contributed by atoms with Gasteiger partial charge in [-0.1, -0.05) is 25.1 Å². The highest BCUT2D eigenvalue weighted by Crippen LogP contribution is 2.31. The van der Waals surface area contributed by atoms with Crippen LogP contribution in [0.3, 0.4) is 0 Å². The molecule has 2 unspecified atom stereocenters. The molecule has 0 heterocycles. The van der Waals surface area contributed by atoms with Gasteiger partial charge in [-0.25, -0.2) is 4.79 Å². The summed E-state index contributed by atoms with van der Waals surface area (Å²) in [5.74, 6) is -5.39. The summed E-state index contributed by atoms with van der Waals surface area (Å²) in [5.41, 5.74) is 0.233. The molecular weight excluding hydrogens is 336 g/mol. The highest BCUT2D eigenvalue weighted by atomic mass is 32.2. The Bertz CT molecular complexity index is 561. The van der Waals surface area contributed by atoms with Crippen molar-refractivity contribution >= 4 is 17.3 Å². The van der Waals surface area contributed by atoms with E-state index in [1.165, 1.54) is 25.1 Å². The Morgan fingerprint density at radius 1 is 1.38 bits per heavy atom. The maximum Gasteiger partial charge on any atom is 0.381 e. The van der Waals surface area contributed by atoms with Crippen LogP contribution in [0.5, 0.6) is 0 Å². The molecule has 0 aliphatic carbocycles. The van der Waals surface area contributed by atoms with Gasteiger partial charge in [-0.2, -0.15) is 8.78 Å². The van der Waals surface area contributed by atoms with Crippen LogP contribution in [0.15, 0.2) is 24.3 Å². The van der Waals surface area contributed by atoms with Crippen LogP contribution < -0.4 is 4.72 Å². The molecule has 136 valence electrons. The van der Waals surface area contributed by atoms with E-state index in [9.17, 15) is 18.1 Å². The zero-order valence-electron chi connectivity index (χ0n) is 14.7. The molecule has 0 aliphatic heterocycles. The van der Waals surface area contributed by atoms with Gasteiger partial charge in [0.2, 0.25) is 0 Å². The smallest absolute Gasteiger partial charge is 0.381 e. The third kappa shape index (κ3) is 5.43. The molecule has 0 aliphatic rings. The first-order valence-electron chi connectivity index (χ1n) is 7.81. The van der Waals surface area contributed by atoms with Crippen LogP contribution in [-0.4, -0.2) is 28.4 Å². The summed E-state index contributed by atoms with van der Waals surface area (Å²) in [6.07, 6.45) is 0. The largest absolute Gasteiger partial charge is 0.598 e. The minimum atomic E-state index is -3.69. The monoisotopic (exact) mass is 361 g/mol. The second kappa shape index (κ2) is 8.27. The number of nitrogens with one attached hydrogen (secondary N) is 1. The second-order valence-electron chi connectivity index (χ2n) is 6.55. The Morgan fingerprint density at radius 3 is 2.54 bits per heavy atom. The summed E-state index contributed by atoms with van der Waals surface area (Å²) in [5, 5.41) is 0. The number of carbonyl (C=O) groups excluding carboxylic acids is 1. The Hall–Kier alpha value is -1.18. The number of halogens is 2. The first-order chi connectivity index (χ1) is 11.0. The fourth-order valence-electron chi connectivity index (χ4n) is 1.92. The highest BCUT2D eigenvalue weighted by molar-refractivity contribution is 7.90. The lowest BCUT2D eigenvalue weighted by Gasteiger charge is -2.25. The van der Waals surface area contributed by atoms with E-state index in [2.05, 4.69) is 9.46 Å². The van der Waals surface area contributed by atoms with E-state index in [1.54, 1.807) is 6.07 Å². The van der Waals surface area contributed by atoms with Crippen LogP contribution in [0.25, 0.3) is 0 Å². The molecule has 0 aromatic heterocycles. The molecular formula is C17H25F2NO3S.